The summed E-state index contributed by atoms with van der Waals surface area (Å²) < 4.78 is 36.4. The highest BCUT2D eigenvalue weighted by Gasteiger charge is 2.37. The largest absolute Gasteiger partial charge is 0.506 e. The fourth-order valence-corrected chi connectivity index (χ4v) is 1.09. The molecule has 0 fully saturated rings. The second-order valence-corrected chi connectivity index (χ2v) is 3.14. The predicted octanol–water partition coefficient (Wildman–Crippen LogP) is 2.61. The van der Waals surface area contributed by atoms with Gasteiger partial charge in [0.25, 0.3) is 0 Å². The van der Waals surface area contributed by atoms with E-state index in [0.717, 1.165) is 18.2 Å². The summed E-state index contributed by atoms with van der Waals surface area (Å²) in [6.07, 6.45) is -4.51. The van der Waals surface area contributed by atoms with Crippen LogP contribution in [-0.2, 0) is 0 Å². The molecule has 0 radical (unpaired) electrons. The molecule has 0 saturated heterocycles. The zero-order valence-corrected chi connectivity index (χ0v) is 7.60. The van der Waals surface area contributed by atoms with Crippen molar-refractivity contribution in [1.82, 2.24) is 0 Å². The maximum Gasteiger partial charge on any atom is 0.407 e. The number of rotatable bonds is 1. The Labute approximate surface area is 83.1 Å². The molecule has 0 saturated carbocycles. The van der Waals surface area contributed by atoms with E-state index in [4.69, 9.17) is 22.4 Å². The molecule has 0 aliphatic heterocycles. The van der Waals surface area contributed by atoms with Crippen LogP contribution in [0.25, 0.3) is 0 Å². The van der Waals surface area contributed by atoms with Gasteiger partial charge < -0.3 is 10.8 Å². The molecule has 14 heavy (non-hydrogen) atoms. The minimum Gasteiger partial charge on any atom is -0.506 e. The molecule has 1 atom stereocenters. The number of nitrogens with two attached hydrogens (primary N) is 1. The van der Waals surface area contributed by atoms with Gasteiger partial charge in [-0.25, -0.2) is 0 Å². The minimum absolute atomic E-state index is 0.151. The second-order valence-electron chi connectivity index (χ2n) is 2.73. The SMILES string of the molecule is N[C@H](c1ccc(O)c(Cl)c1)C(F)(F)F. The van der Waals surface area contributed by atoms with Gasteiger partial charge in [0.15, 0.2) is 0 Å². The maximum atomic E-state index is 12.1. The zero-order chi connectivity index (χ0) is 10.9. The Balaban J connectivity index is 3.03. The molecule has 0 heterocycles. The first-order valence-corrected chi connectivity index (χ1v) is 4.01. The van der Waals surface area contributed by atoms with Crippen molar-refractivity contribution in [1.29, 1.82) is 0 Å². The van der Waals surface area contributed by atoms with Crippen molar-refractivity contribution in [3.63, 3.8) is 0 Å². The van der Waals surface area contributed by atoms with Gasteiger partial charge in [0.05, 0.1) is 5.02 Å². The summed E-state index contributed by atoms with van der Waals surface area (Å²) >= 11 is 5.44. The number of phenols is 1. The first kappa shape index (κ1) is 11.1. The first-order chi connectivity index (χ1) is 6.32. The van der Waals surface area contributed by atoms with Crippen LogP contribution in [0.15, 0.2) is 18.2 Å². The Morgan fingerprint density at radius 3 is 2.36 bits per heavy atom. The molecule has 0 aromatic heterocycles. The van der Waals surface area contributed by atoms with E-state index in [9.17, 15) is 13.2 Å². The van der Waals surface area contributed by atoms with Crippen LogP contribution in [0.1, 0.15) is 11.6 Å². The summed E-state index contributed by atoms with van der Waals surface area (Å²) in [5.41, 5.74) is 4.75. The average molecular weight is 226 g/mol. The van der Waals surface area contributed by atoms with E-state index >= 15 is 0 Å². The number of alkyl halides is 3. The molecule has 0 bridgehead atoms. The number of hydrogen-bond donors (Lipinski definition) is 2. The highest BCUT2D eigenvalue weighted by Crippen LogP contribution is 2.33. The molecule has 1 aromatic rings. The number of halogens is 4. The van der Waals surface area contributed by atoms with Crippen LogP contribution in [0.4, 0.5) is 13.2 Å². The normalized spacial score (nSPS) is 14.1. The van der Waals surface area contributed by atoms with Crippen molar-refractivity contribution in [3.8, 4) is 5.75 Å². The van der Waals surface area contributed by atoms with Gasteiger partial charge in [-0.15, -0.1) is 0 Å². The van der Waals surface area contributed by atoms with E-state index < -0.39 is 12.2 Å². The third kappa shape index (κ3) is 2.30. The quantitative estimate of drug-likeness (QED) is 0.772. The summed E-state index contributed by atoms with van der Waals surface area (Å²) in [6.45, 7) is 0. The summed E-state index contributed by atoms with van der Waals surface area (Å²) in [6, 6.07) is 1.07. The number of hydrogen-bond acceptors (Lipinski definition) is 2. The van der Waals surface area contributed by atoms with Gasteiger partial charge in [-0.1, -0.05) is 17.7 Å². The van der Waals surface area contributed by atoms with E-state index in [2.05, 4.69) is 0 Å². The third-order valence-corrected chi connectivity index (χ3v) is 1.99. The molecular weight excluding hydrogens is 219 g/mol. The summed E-state index contributed by atoms with van der Waals surface area (Å²) in [5, 5.41) is 8.82. The lowest BCUT2D eigenvalue weighted by Crippen LogP contribution is -2.28. The summed E-state index contributed by atoms with van der Waals surface area (Å²) in [4.78, 5) is 0. The fourth-order valence-electron chi connectivity index (χ4n) is 0.906. The molecule has 78 valence electrons. The van der Waals surface area contributed by atoms with E-state index in [1.54, 1.807) is 0 Å². The van der Waals surface area contributed by atoms with Gasteiger partial charge in [-0.05, 0) is 17.7 Å². The highest BCUT2D eigenvalue weighted by molar-refractivity contribution is 6.32. The van der Waals surface area contributed by atoms with Crippen LogP contribution in [0.3, 0.4) is 0 Å². The lowest BCUT2D eigenvalue weighted by Gasteiger charge is -2.16. The number of aromatic hydroxyl groups is 1. The Morgan fingerprint density at radius 1 is 1.36 bits per heavy atom. The molecule has 0 aliphatic rings. The van der Waals surface area contributed by atoms with Crippen LogP contribution in [0.2, 0.25) is 5.02 Å². The summed E-state index contributed by atoms with van der Waals surface area (Å²) in [7, 11) is 0. The van der Waals surface area contributed by atoms with E-state index in [0.29, 0.717) is 0 Å². The molecule has 1 rings (SSSR count). The zero-order valence-electron chi connectivity index (χ0n) is 6.85. The number of phenolic OH excluding ortho intramolecular Hbond substituents is 1. The monoisotopic (exact) mass is 225 g/mol. The maximum absolute atomic E-state index is 12.1. The summed E-state index contributed by atoms with van der Waals surface area (Å²) in [5.74, 6) is -0.273. The molecule has 0 amide bonds. The lowest BCUT2D eigenvalue weighted by molar-refractivity contribution is -0.149. The third-order valence-electron chi connectivity index (χ3n) is 1.68. The Hall–Kier alpha value is -0.940. The van der Waals surface area contributed by atoms with Crippen molar-refractivity contribution < 1.29 is 18.3 Å². The van der Waals surface area contributed by atoms with Crippen LogP contribution >= 0.6 is 11.6 Å². The molecule has 3 N–H and O–H groups in total. The number of benzene rings is 1. The van der Waals surface area contributed by atoms with Crippen molar-refractivity contribution in [2.45, 2.75) is 12.2 Å². The standard InChI is InChI=1S/C8H7ClF3NO/c9-5-3-4(1-2-6(5)14)7(13)8(10,11)12/h1-3,7,14H,13H2/t7-/m1/s1. The van der Waals surface area contributed by atoms with Crippen molar-refractivity contribution in [3.05, 3.63) is 28.8 Å². The van der Waals surface area contributed by atoms with Gasteiger partial charge in [-0.2, -0.15) is 13.2 Å². The molecule has 0 unspecified atom stereocenters. The molecule has 0 aliphatic carbocycles. The van der Waals surface area contributed by atoms with Crippen LogP contribution in [0, 0.1) is 0 Å². The molecule has 6 heteroatoms. The van der Waals surface area contributed by atoms with Crippen LogP contribution in [0.5, 0.6) is 5.75 Å². The van der Waals surface area contributed by atoms with Crippen molar-refractivity contribution in [2.24, 2.45) is 5.73 Å². The lowest BCUT2D eigenvalue weighted by atomic mass is 10.1. The Kier molecular flexibility index (Phi) is 2.92. The Bertz CT molecular complexity index is 340. The van der Waals surface area contributed by atoms with Crippen molar-refractivity contribution in [2.75, 3.05) is 0 Å². The van der Waals surface area contributed by atoms with Crippen molar-refractivity contribution >= 4 is 11.6 Å². The molecular formula is C8H7ClF3NO. The van der Waals surface area contributed by atoms with E-state index in [-0.39, 0.29) is 16.3 Å². The molecule has 0 spiro atoms. The smallest absolute Gasteiger partial charge is 0.407 e. The van der Waals surface area contributed by atoms with E-state index in [1.165, 1.54) is 0 Å². The first-order valence-electron chi connectivity index (χ1n) is 3.63. The highest BCUT2D eigenvalue weighted by atomic mass is 35.5. The second kappa shape index (κ2) is 3.67. The topological polar surface area (TPSA) is 46.2 Å². The van der Waals surface area contributed by atoms with Gasteiger partial charge in [-0.3, -0.25) is 0 Å². The minimum atomic E-state index is -4.51. The van der Waals surface area contributed by atoms with Gasteiger partial charge in [0.1, 0.15) is 11.8 Å². The van der Waals surface area contributed by atoms with Gasteiger partial charge >= 0.3 is 6.18 Å². The molecule has 1 aromatic carbocycles. The van der Waals surface area contributed by atoms with Crippen LogP contribution < -0.4 is 5.73 Å². The van der Waals surface area contributed by atoms with Crippen LogP contribution in [-0.4, -0.2) is 11.3 Å². The molecule has 2 nitrogen and oxygen atoms in total. The predicted molar refractivity (Wildman–Crippen MR) is 46.1 cm³/mol. The Morgan fingerprint density at radius 2 is 1.93 bits per heavy atom. The average Bonchev–Trinajstić information content (AvgIpc) is 2.07. The fraction of sp³-hybridized carbons (Fsp3) is 0.250. The van der Waals surface area contributed by atoms with Gasteiger partial charge in [0.2, 0.25) is 0 Å². The van der Waals surface area contributed by atoms with Gasteiger partial charge in [0, 0.05) is 0 Å². The van der Waals surface area contributed by atoms with E-state index in [1.807, 2.05) is 0 Å².